The molecule has 0 bridgehead atoms. The van der Waals surface area contributed by atoms with E-state index in [1.54, 1.807) is 0 Å². The fraction of sp³-hybridized carbons (Fsp3) is 0.444. The quantitative estimate of drug-likeness (QED) is 0.724. The Balaban J connectivity index is 2.87. The van der Waals surface area contributed by atoms with Crippen molar-refractivity contribution in [3.8, 4) is 0 Å². The van der Waals surface area contributed by atoms with Crippen LogP contribution in [0.4, 0.5) is 11.6 Å². The molecule has 0 saturated carbocycles. The van der Waals surface area contributed by atoms with E-state index in [1.165, 1.54) is 6.33 Å². The minimum Gasteiger partial charge on any atom is -0.382 e. The maximum absolute atomic E-state index is 10.8. The van der Waals surface area contributed by atoms with Gasteiger partial charge in [0.1, 0.15) is 17.2 Å². The van der Waals surface area contributed by atoms with Crippen LogP contribution in [0.5, 0.6) is 0 Å². The lowest BCUT2D eigenvalue weighted by Gasteiger charge is -2.25. The molecule has 7 heteroatoms. The number of rotatable bonds is 4. The number of halogens is 1. The first-order chi connectivity index (χ1) is 7.32. The van der Waals surface area contributed by atoms with E-state index in [0.29, 0.717) is 5.82 Å². The van der Waals surface area contributed by atoms with E-state index in [-0.39, 0.29) is 17.3 Å². The van der Waals surface area contributed by atoms with Gasteiger partial charge in [0.05, 0.1) is 0 Å². The van der Waals surface area contributed by atoms with Crippen molar-refractivity contribution < 1.29 is 4.79 Å². The SMILES string of the molecule is CC(C)(CC(N)=O)Nc1ncnc(N)c1Cl. The van der Waals surface area contributed by atoms with Crippen molar-refractivity contribution >= 4 is 29.1 Å². The highest BCUT2D eigenvalue weighted by Gasteiger charge is 2.22. The lowest BCUT2D eigenvalue weighted by atomic mass is 10.0. The van der Waals surface area contributed by atoms with Gasteiger partial charge in [-0.2, -0.15) is 0 Å². The van der Waals surface area contributed by atoms with Crippen molar-refractivity contribution in [2.45, 2.75) is 25.8 Å². The molecule has 0 saturated heterocycles. The molecule has 1 amide bonds. The van der Waals surface area contributed by atoms with Gasteiger partial charge in [-0.3, -0.25) is 4.79 Å². The van der Waals surface area contributed by atoms with Crippen molar-refractivity contribution in [1.29, 1.82) is 0 Å². The molecule has 88 valence electrons. The van der Waals surface area contributed by atoms with E-state index in [9.17, 15) is 4.79 Å². The van der Waals surface area contributed by atoms with Gasteiger partial charge in [0.15, 0.2) is 5.82 Å². The third kappa shape index (κ3) is 3.23. The molecule has 6 nitrogen and oxygen atoms in total. The van der Waals surface area contributed by atoms with Crippen molar-refractivity contribution in [3.05, 3.63) is 11.3 Å². The third-order valence-electron chi connectivity index (χ3n) is 1.89. The molecule has 1 heterocycles. The zero-order valence-electron chi connectivity index (χ0n) is 9.12. The van der Waals surface area contributed by atoms with Crippen LogP contribution in [0, 0.1) is 0 Å². The standard InChI is InChI=1S/C9H14ClN5O/c1-9(2,3-5(11)16)15-8-6(10)7(12)13-4-14-8/h4H,3H2,1-2H3,(H2,11,16)(H3,12,13,14,15). The number of primary amides is 1. The van der Waals surface area contributed by atoms with Gasteiger partial charge in [-0.05, 0) is 13.8 Å². The molecule has 16 heavy (non-hydrogen) atoms. The Morgan fingerprint density at radius 2 is 2.19 bits per heavy atom. The molecule has 1 aromatic heterocycles. The number of nitrogens with zero attached hydrogens (tertiary/aromatic N) is 2. The average molecular weight is 244 g/mol. The predicted octanol–water partition coefficient (Wildman–Crippen LogP) is 0.778. The van der Waals surface area contributed by atoms with Crippen LogP contribution in [0.2, 0.25) is 5.02 Å². The van der Waals surface area contributed by atoms with Gasteiger partial charge in [0.2, 0.25) is 5.91 Å². The summed E-state index contributed by atoms with van der Waals surface area (Å²) in [6.07, 6.45) is 1.46. The highest BCUT2D eigenvalue weighted by atomic mass is 35.5. The number of anilines is 2. The molecule has 5 N–H and O–H groups in total. The minimum atomic E-state index is -0.545. The zero-order chi connectivity index (χ0) is 12.3. The second-order valence-corrected chi connectivity index (χ2v) is 4.45. The van der Waals surface area contributed by atoms with Crippen molar-refractivity contribution in [2.75, 3.05) is 11.1 Å². The lowest BCUT2D eigenvalue weighted by molar-refractivity contribution is -0.118. The minimum absolute atomic E-state index is 0.160. The maximum Gasteiger partial charge on any atom is 0.219 e. The zero-order valence-corrected chi connectivity index (χ0v) is 9.88. The summed E-state index contributed by atoms with van der Waals surface area (Å²) < 4.78 is 0. The Labute approximate surface area is 98.4 Å². The molecule has 0 atom stereocenters. The van der Waals surface area contributed by atoms with Gasteiger partial charge in [-0.15, -0.1) is 0 Å². The van der Waals surface area contributed by atoms with E-state index in [4.69, 9.17) is 23.1 Å². The molecular weight excluding hydrogens is 230 g/mol. The number of hydrogen-bond acceptors (Lipinski definition) is 5. The second kappa shape index (κ2) is 4.52. The number of amides is 1. The highest BCUT2D eigenvalue weighted by Crippen LogP contribution is 2.26. The Morgan fingerprint density at radius 3 is 2.75 bits per heavy atom. The van der Waals surface area contributed by atoms with E-state index >= 15 is 0 Å². The smallest absolute Gasteiger partial charge is 0.219 e. The first-order valence-corrected chi connectivity index (χ1v) is 5.02. The van der Waals surface area contributed by atoms with E-state index in [0.717, 1.165) is 0 Å². The fourth-order valence-corrected chi connectivity index (χ4v) is 1.42. The largest absolute Gasteiger partial charge is 0.382 e. The average Bonchev–Trinajstić information content (AvgIpc) is 2.10. The summed E-state index contributed by atoms with van der Waals surface area (Å²) >= 11 is 5.91. The number of aromatic nitrogens is 2. The summed E-state index contributed by atoms with van der Waals surface area (Å²) in [5, 5.41) is 3.23. The summed E-state index contributed by atoms with van der Waals surface area (Å²) in [6, 6.07) is 0. The molecule has 0 aliphatic heterocycles. The Hall–Kier alpha value is -1.56. The molecule has 1 rings (SSSR count). The van der Waals surface area contributed by atoms with Crippen molar-refractivity contribution in [2.24, 2.45) is 5.73 Å². The number of nitrogens with one attached hydrogen (secondary N) is 1. The topological polar surface area (TPSA) is 107 Å². The fourth-order valence-electron chi connectivity index (χ4n) is 1.27. The lowest BCUT2D eigenvalue weighted by Crippen LogP contribution is -2.36. The van der Waals surface area contributed by atoms with Crippen LogP contribution in [0.25, 0.3) is 0 Å². The number of carbonyl (C=O) groups is 1. The van der Waals surface area contributed by atoms with Crippen molar-refractivity contribution in [1.82, 2.24) is 9.97 Å². The normalized spacial score (nSPS) is 11.2. The summed E-state index contributed by atoms with van der Waals surface area (Å²) in [5.74, 6) is 0.171. The van der Waals surface area contributed by atoms with Crippen LogP contribution >= 0.6 is 11.6 Å². The molecule has 1 aromatic rings. The Kier molecular flexibility index (Phi) is 3.54. The summed E-state index contributed by atoms with van der Waals surface area (Å²) in [6.45, 7) is 3.62. The van der Waals surface area contributed by atoms with Gasteiger partial charge < -0.3 is 16.8 Å². The van der Waals surface area contributed by atoms with E-state index < -0.39 is 11.4 Å². The number of nitrogens with two attached hydrogens (primary N) is 2. The number of hydrogen-bond donors (Lipinski definition) is 3. The van der Waals surface area contributed by atoms with Gasteiger partial charge >= 0.3 is 0 Å². The van der Waals surface area contributed by atoms with Crippen LogP contribution < -0.4 is 16.8 Å². The van der Waals surface area contributed by atoms with Gasteiger partial charge in [0, 0.05) is 12.0 Å². The number of nitrogen functional groups attached to an aromatic ring is 1. The first kappa shape index (κ1) is 12.5. The molecule has 0 aromatic carbocycles. The van der Waals surface area contributed by atoms with Gasteiger partial charge in [-0.25, -0.2) is 9.97 Å². The van der Waals surface area contributed by atoms with Crippen molar-refractivity contribution in [3.63, 3.8) is 0 Å². The molecule has 0 aliphatic rings. The van der Waals surface area contributed by atoms with Crippen LogP contribution in [0.15, 0.2) is 6.33 Å². The van der Waals surface area contributed by atoms with Crippen LogP contribution in [0.1, 0.15) is 20.3 Å². The van der Waals surface area contributed by atoms with E-state index in [2.05, 4.69) is 15.3 Å². The Bertz CT molecular complexity index is 407. The summed E-state index contributed by atoms with van der Waals surface area (Å²) in [4.78, 5) is 18.5. The summed E-state index contributed by atoms with van der Waals surface area (Å²) in [5.41, 5.74) is 10.1. The van der Waals surface area contributed by atoms with Crippen LogP contribution in [-0.2, 0) is 4.79 Å². The summed E-state index contributed by atoms with van der Waals surface area (Å²) in [7, 11) is 0. The van der Waals surface area contributed by atoms with Crippen LogP contribution in [-0.4, -0.2) is 21.4 Å². The first-order valence-electron chi connectivity index (χ1n) is 4.64. The second-order valence-electron chi connectivity index (χ2n) is 4.07. The van der Waals surface area contributed by atoms with Crippen LogP contribution in [0.3, 0.4) is 0 Å². The predicted molar refractivity (Wildman–Crippen MR) is 63.0 cm³/mol. The molecule has 0 fully saturated rings. The van der Waals surface area contributed by atoms with Gasteiger partial charge in [-0.1, -0.05) is 11.6 Å². The third-order valence-corrected chi connectivity index (χ3v) is 2.26. The number of carbonyl (C=O) groups excluding carboxylic acids is 1. The Morgan fingerprint density at radius 1 is 1.56 bits per heavy atom. The van der Waals surface area contributed by atoms with Gasteiger partial charge in [0.25, 0.3) is 0 Å². The molecular formula is C9H14ClN5O. The molecule has 0 spiro atoms. The molecule has 0 unspecified atom stereocenters. The van der Waals surface area contributed by atoms with E-state index in [1.807, 2.05) is 13.8 Å². The monoisotopic (exact) mass is 243 g/mol. The maximum atomic E-state index is 10.8. The molecule has 0 radical (unpaired) electrons. The molecule has 0 aliphatic carbocycles. The highest BCUT2D eigenvalue weighted by molar-refractivity contribution is 6.35.